The van der Waals surface area contributed by atoms with Gasteiger partial charge in [0.2, 0.25) is 0 Å². The Balaban J connectivity index is 1.71. The average Bonchev–Trinajstić information content (AvgIpc) is 2.73. The van der Waals surface area contributed by atoms with Gasteiger partial charge in [0.15, 0.2) is 0 Å². The Hall–Kier alpha value is -4.09. The second-order valence-corrected chi connectivity index (χ2v) is 5.78. The van der Waals surface area contributed by atoms with Crippen LogP contribution in [0.1, 0.15) is 22.3 Å². The van der Waals surface area contributed by atoms with Crippen LogP contribution in [0.4, 0.5) is 5.69 Å². The van der Waals surface area contributed by atoms with Crippen LogP contribution >= 0.6 is 0 Å². The molecule has 0 bridgehead atoms. The highest BCUT2D eigenvalue weighted by atomic mass is 16.5. The van der Waals surface area contributed by atoms with Crippen LogP contribution in [0.3, 0.4) is 0 Å². The van der Waals surface area contributed by atoms with Gasteiger partial charge in [-0.1, -0.05) is 24.3 Å². The van der Waals surface area contributed by atoms with E-state index in [1.807, 2.05) is 36.4 Å². The number of hydrogen-bond acceptors (Lipinski definition) is 4. The number of ether oxygens (including phenoxy) is 1. The Kier molecular flexibility index (Phi) is 5.47. The van der Waals surface area contributed by atoms with Gasteiger partial charge in [0, 0.05) is 5.56 Å². The largest absolute Gasteiger partial charge is 0.489 e. The van der Waals surface area contributed by atoms with Crippen LogP contribution < -0.4 is 10.5 Å². The summed E-state index contributed by atoms with van der Waals surface area (Å²) >= 11 is 0. The molecule has 5 nitrogen and oxygen atoms in total. The maximum absolute atomic E-state index is 8.84. The molecule has 0 atom stereocenters. The van der Waals surface area contributed by atoms with Gasteiger partial charge in [0.25, 0.3) is 0 Å². The summed E-state index contributed by atoms with van der Waals surface area (Å²) in [5.74, 6) is 1.04. The maximum Gasteiger partial charge on any atom is 0.131 e. The van der Waals surface area contributed by atoms with Crippen molar-refractivity contribution >= 4 is 11.5 Å². The molecule has 0 spiro atoms. The zero-order valence-corrected chi connectivity index (χ0v) is 14.5. The minimum atomic E-state index is 0.364. The van der Waals surface area contributed by atoms with Crippen LogP contribution in [0, 0.1) is 22.7 Å². The lowest BCUT2D eigenvalue weighted by atomic mass is 10.1. The van der Waals surface area contributed by atoms with E-state index in [-0.39, 0.29) is 0 Å². The quantitative estimate of drug-likeness (QED) is 0.553. The molecular formula is C22H16N4O. The molecule has 0 amide bonds. The van der Waals surface area contributed by atoms with E-state index in [4.69, 9.17) is 21.0 Å². The first-order valence-corrected chi connectivity index (χ1v) is 8.24. The van der Waals surface area contributed by atoms with E-state index >= 15 is 0 Å². The zero-order chi connectivity index (χ0) is 19.1. The lowest BCUT2D eigenvalue weighted by molar-refractivity contribution is 0.306. The average molecular weight is 352 g/mol. The monoisotopic (exact) mass is 352 g/mol. The van der Waals surface area contributed by atoms with Crippen LogP contribution in [0.15, 0.2) is 77.8 Å². The summed E-state index contributed by atoms with van der Waals surface area (Å²) in [7, 11) is 0. The smallest absolute Gasteiger partial charge is 0.131 e. The molecule has 3 rings (SSSR count). The molecule has 130 valence electrons. The number of nitrogens with zero attached hydrogens (tertiary/aromatic N) is 3. The van der Waals surface area contributed by atoms with Gasteiger partial charge in [0.05, 0.1) is 29.0 Å². The molecule has 0 fully saturated rings. The molecule has 0 heterocycles. The fourth-order valence-corrected chi connectivity index (χ4v) is 2.40. The standard InChI is InChI=1S/C22H16N4O/c23-13-16-4-6-18(7-5-16)15-27-21-3-1-2-19(12-21)22(25)26-20-10-8-17(14-24)9-11-20/h1-12H,15H2,(H2,25,26). The Morgan fingerprint density at radius 1 is 0.889 bits per heavy atom. The minimum absolute atomic E-state index is 0.364. The van der Waals surface area contributed by atoms with Crippen LogP contribution in [-0.2, 0) is 6.61 Å². The van der Waals surface area contributed by atoms with Crippen LogP contribution in [0.5, 0.6) is 5.75 Å². The van der Waals surface area contributed by atoms with Gasteiger partial charge in [-0.15, -0.1) is 0 Å². The lowest BCUT2D eigenvalue weighted by Crippen LogP contribution is -2.12. The molecule has 2 N–H and O–H groups in total. The van der Waals surface area contributed by atoms with Crippen LogP contribution in [-0.4, -0.2) is 5.84 Å². The van der Waals surface area contributed by atoms with Crippen molar-refractivity contribution in [3.63, 3.8) is 0 Å². The van der Waals surface area contributed by atoms with Crippen molar-refractivity contribution in [3.8, 4) is 17.9 Å². The molecule has 0 saturated carbocycles. The maximum atomic E-state index is 8.84. The van der Waals surface area contributed by atoms with Crippen molar-refractivity contribution in [3.05, 3.63) is 95.1 Å². The molecule has 0 saturated heterocycles. The number of benzene rings is 3. The van der Waals surface area contributed by atoms with Gasteiger partial charge in [-0.25, -0.2) is 4.99 Å². The third kappa shape index (κ3) is 4.72. The van der Waals surface area contributed by atoms with E-state index in [9.17, 15) is 0 Å². The first-order chi connectivity index (χ1) is 13.2. The van der Waals surface area contributed by atoms with Gasteiger partial charge in [-0.05, 0) is 54.1 Å². The second-order valence-electron chi connectivity index (χ2n) is 5.78. The van der Waals surface area contributed by atoms with Gasteiger partial charge >= 0.3 is 0 Å². The zero-order valence-electron chi connectivity index (χ0n) is 14.5. The van der Waals surface area contributed by atoms with Crippen molar-refractivity contribution in [2.75, 3.05) is 0 Å². The Morgan fingerprint density at radius 2 is 1.52 bits per heavy atom. The molecular weight excluding hydrogens is 336 g/mol. The Bertz CT molecular complexity index is 1040. The summed E-state index contributed by atoms with van der Waals surface area (Å²) in [6.45, 7) is 0.391. The topological polar surface area (TPSA) is 95.2 Å². The number of aliphatic imine (C=N–C) groups is 1. The molecule has 3 aromatic rings. The molecule has 27 heavy (non-hydrogen) atoms. The van der Waals surface area contributed by atoms with E-state index in [2.05, 4.69) is 17.1 Å². The van der Waals surface area contributed by atoms with Crippen LogP contribution in [0.2, 0.25) is 0 Å². The third-order valence-corrected chi connectivity index (χ3v) is 3.86. The van der Waals surface area contributed by atoms with Crippen molar-refractivity contribution in [2.45, 2.75) is 6.61 Å². The first kappa shape index (κ1) is 17.7. The third-order valence-electron chi connectivity index (χ3n) is 3.86. The summed E-state index contributed by atoms with van der Waals surface area (Å²) in [6.07, 6.45) is 0. The predicted octanol–water partition coefficient (Wildman–Crippen LogP) is 4.05. The lowest BCUT2D eigenvalue weighted by Gasteiger charge is -2.08. The number of hydrogen-bond donors (Lipinski definition) is 1. The van der Waals surface area contributed by atoms with Gasteiger partial charge in [-0.2, -0.15) is 10.5 Å². The predicted molar refractivity (Wildman–Crippen MR) is 103 cm³/mol. The molecule has 0 aromatic heterocycles. The highest BCUT2D eigenvalue weighted by Crippen LogP contribution is 2.18. The van der Waals surface area contributed by atoms with Crippen molar-refractivity contribution < 1.29 is 4.74 Å². The van der Waals surface area contributed by atoms with E-state index in [0.717, 1.165) is 11.1 Å². The summed E-state index contributed by atoms with van der Waals surface area (Å²) in [5, 5.41) is 17.7. The minimum Gasteiger partial charge on any atom is -0.489 e. The number of rotatable bonds is 5. The molecule has 0 aliphatic rings. The summed E-state index contributed by atoms with van der Waals surface area (Å²) in [5.41, 5.74) is 9.69. The van der Waals surface area contributed by atoms with Gasteiger partial charge in [-0.3, -0.25) is 0 Å². The van der Waals surface area contributed by atoms with E-state index in [0.29, 0.717) is 35.0 Å². The molecule has 3 aromatic carbocycles. The second kappa shape index (κ2) is 8.33. The van der Waals surface area contributed by atoms with Crippen molar-refractivity contribution in [1.29, 1.82) is 10.5 Å². The van der Waals surface area contributed by atoms with E-state index in [1.165, 1.54) is 0 Å². The molecule has 0 unspecified atom stereocenters. The van der Waals surface area contributed by atoms with Crippen molar-refractivity contribution in [2.24, 2.45) is 10.7 Å². The first-order valence-electron chi connectivity index (χ1n) is 8.24. The van der Waals surface area contributed by atoms with Gasteiger partial charge < -0.3 is 10.5 Å². The van der Waals surface area contributed by atoms with Crippen molar-refractivity contribution in [1.82, 2.24) is 0 Å². The number of nitriles is 2. The highest BCUT2D eigenvalue weighted by molar-refractivity contribution is 5.99. The highest BCUT2D eigenvalue weighted by Gasteiger charge is 2.03. The molecule has 0 radical (unpaired) electrons. The SMILES string of the molecule is N#Cc1ccc(COc2cccc(C(N)=Nc3ccc(C#N)cc3)c2)cc1. The van der Waals surface area contributed by atoms with E-state index in [1.54, 1.807) is 36.4 Å². The number of nitrogens with two attached hydrogens (primary N) is 1. The summed E-state index contributed by atoms with van der Waals surface area (Å²) in [4.78, 5) is 4.38. The van der Waals surface area contributed by atoms with E-state index < -0.39 is 0 Å². The molecule has 5 heteroatoms. The summed E-state index contributed by atoms with van der Waals surface area (Å²) in [6, 6.07) is 25.7. The molecule has 0 aliphatic carbocycles. The Labute approximate surface area is 157 Å². The normalized spacial score (nSPS) is 10.7. The Morgan fingerprint density at radius 3 is 2.15 bits per heavy atom. The number of amidine groups is 1. The molecule has 0 aliphatic heterocycles. The fourth-order valence-electron chi connectivity index (χ4n) is 2.40. The van der Waals surface area contributed by atoms with Gasteiger partial charge in [0.1, 0.15) is 18.2 Å². The van der Waals surface area contributed by atoms with Crippen LogP contribution in [0.25, 0.3) is 0 Å². The summed E-state index contributed by atoms with van der Waals surface area (Å²) < 4.78 is 5.81. The fraction of sp³-hybridized carbons (Fsp3) is 0.0455.